The second-order valence-electron chi connectivity index (χ2n) is 1.01. The van der Waals surface area contributed by atoms with Gasteiger partial charge in [0.2, 0.25) is 0 Å². The summed E-state index contributed by atoms with van der Waals surface area (Å²) >= 11 is 0. The molecule has 0 aliphatic heterocycles. The van der Waals surface area contributed by atoms with Crippen LogP contribution < -0.4 is 0 Å². The van der Waals surface area contributed by atoms with Crippen molar-refractivity contribution in [1.29, 1.82) is 0 Å². The van der Waals surface area contributed by atoms with E-state index in [-0.39, 0.29) is 0 Å². The fourth-order valence-corrected chi connectivity index (χ4v) is 0.192. The molecular formula is C2H4B4. The molecule has 0 unspecified atom stereocenters. The van der Waals surface area contributed by atoms with E-state index >= 15 is 0 Å². The Bertz CT molecular complexity index is 17.5. The molecule has 0 amide bonds. The molecule has 0 aromatic rings. The van der Waals surface area contributed by atoms with Crippen LogP contribution in [-0.4, -0.2) is 29.8 Å². The van der Waals surface area contributed by atoms with Crippen LogP contribution in [0.1, 0.15) is 0 Å². The number of hydrogen-bond acceptors (Lipinski definition) is 0. The second kappa shape index (κ2) is 5.26. The molecule has 0 fully saturated rings. The van der Waals surface area contributed by atoms with Crippen molar-refractivity contribution in [2.45, 2.75) is 12.6 Å². The van der Waals surface area contributed by atoms with E-state index in [0.29, 0.717) is 6.32 Å². The lowest BCUT2D eigenvalue weighted by Crippen LogP contribution is -2.00. The normalized spacial score (nSPS) is 7.33. The van der Waals surface area contributed by atoms with Gasteiger partial charge >= 0.3 is 0 Å². The fourth-order valence-electron chi connectivity index (χ4n) is 0.192. The molecule has 0 heterocycles. The molecule has 0 aromatic carbocycles. The van der Waals surface area contributed by atoms with E-state index in [1.54, 1.807) is 0 Å². The van der Waals surface area contributed by atoms with Crippen molar-refractivity contribution in [3.63, 3.8) is 0 Å². The molecule has 0 nitrogen and oxygen atoms in total. The SMILES string of the molecule is [B][B][B]CC[B]. The summed E-state index contributed by atoms with van der Waals surface area (Å²) in [6.45, 7) is 0. The van der Waals surface area contributed by atoms with Crippen molar-refractivity contribution in [2.75, 3.05) is 0 Å². The Morgan fingerprint density at radius 2 is 2.17 bits per heavy atom. The van der Waals surface area contributed by atoms with Crippen molar-refractivity contribution in [3.05, 3.63) is 0 Å². The lowest BCUT2D eigenvalue weighted by atomic mass is 9.26. The van der Waals surface area contributed by atoms with Crippen LogP contribution in [0.15, 0.2) is 0 Å². The van der Waals surface area contributed by atoms with E-state index in [1.165, 1.54) is 7.06 Å². The van der Waals surface area contributed by atoms with Crippen LogP contribution >= 0.6 is 0 Å². The van der Waals surface area contributed by atoms with Gasteiger partial charge in [-0.15, -0.1) is 0 Å². The first-order valence-electron chi connectivity index (χ1n) is 1.98. The molecule has 0 bridgehead atoms. The first-order valence-corrected chi connectivity index (χ1v) is 1.98. The van der Waals surface area contributed by atoms with Gasteiger partial charge in [-0.2, -0.15) is 0 Å². The Hall–Kier alpha value is 0.260. The van der Waals surface area contributed by atoms with Gasteiger partial charge in [-0.05, 0) is 0 Å². The number of rotatable bonds is 3. The first kappa shape index (κ1) is 6.26. The largest absolute Gasteiger partial charge is 0.0970 e. The molecule has 0 spiro atoms. The quantitative estimate of drug-likeness (QED) is 0.308. The average molecular weight is 71.3 g/mol. The fraction of sp³-hybridized carbons (Fsp3) is 1.00. The Morgan fingerprint density at radius 1 is 1.50 bits per heavy atom. The highest BCUT2D eigenvalue weighted by Crippen LogP contribution is 1.77. The van der Waals surface area contributed by atoms with Crippen molar-refractivity contribution in [3.8, 4) is 0 Å². The van der Waals surface area contributed by atoms with Gasteiger partial charge in [-0.3, -0.25) is 0 Å². The van der Waals surface area contributed by atoms with Crippen molar-refractivity contribution < 1.29 is 0 Å². The van der Waals surface area contributed by atoms with Crippen molar-refractivity contribution in [1.82, 2.24) is 0 Å². The lowest BCUT2D eigenvalue weighted by molar-refractivity contribution is 1.45. The minimum absolute atomic E-state index is 0.688. The van der Waals surface area contributed by atoms with E-state index < -0.39 is 0 Å². The third-order valence-corrected chi connectivity index (χ3v) is 0.469. The molecule has 6 radical (unpaired) electrons. The molecule has 0 aromatic heterocycles. The van der Waals surface area contributed by atoms with E-state index in [9.17, 15) is 0 Å². The van der Waals surface area contributed by atoms with Crippen LogP contribution in [0.4, 0.5) is 0 Å². The molecule has 0 saturated carbocycles. The first-order chi connectivity index (χ1) is 2.91. The maximum absolute atomic E-state index is 5.11. The summed E-state index contributed by atoms with van der Waals surface area (Å²) in [7, 11) is 13.4. The average Bonchev–Trinajstić information content (AvgIpc) is 1.61. The Kier molecular flexibility index (Phi) is 5.49. The van der Waals surface area contributed by atoms with Gasteiger partial charge in [0.15, 0.2) is 0 Å². The van der Waals surface area contributed by atoms with Gasteiger partial charge in [0.05, 0.1) is 15.0 Å². The molecular weight excluding hydrogens is 67.3 g/mol. The zero-order valence-corrected chi connectivity index (χ0v) is 3.72. The zero-order chi connectivity index (χ0) is 4.83. The van der Waals surface area contributed by atoms with Gasteiger partial charge in [0.25, 0.3) is 0 Å². The van der Waals surface area contributed by atoms with Gasteiger partial charge in [0, 0.05) is 14.8 Å². The minimum Gasteiger partial charge on any atom is -0.0970 e. The number of hydrogen-bond donors (Lipinski definition) is 0. The van der Waals surface area contributed by atoms with E-state index in [2.05, 4.69) is 0 Å². The monoisotopic (exact) mass is 72.1 g/mol. The Labute approximate surface area is 43.3 Å². The maximum Gasteiger partial charge on any atom is 0.0643 e. The van der Waals surface area contributed by atoms with E-state index in [0.717, 1.165) is 6.32 Å². The molecule has 0 aliphatic carbocycles. The van der Waals surface area contributed by atoms with E-state index in [4.69, 9.17) is 15.6 Å². The lowest BCUT2D eigenvalue weighted by Gasteiger charge is -1.83. The highest BCUT2D eigenvalue weighted by molar-refractivity contribution is 7.23. The van der Waals surface area contributed by atoms with Crippen LogP contribution in [0, 0.1) is 0 Å². The van der Waals surface area contributed by atoms with Crippen LogP contribution in [0.3, 0.4) is 0 Å². The van der Waals surface area contributed by atoms with Gasteiger partial charge in [0.1, 0.15) is 0 Å². The smallest absolute Gasteiger partial charge is 0.0643 e. The molecule has 0 atom stereocenters. The zero-order valence-electron chi connectivity index (χ0n) is 3.72. The van der Waals surface area contributed by atoms with Crippen LogP contribution in [0.25, 0.3) is 0 Å². The summed E-state index contributed by atoms with van der Waals surface area (Å²) in [6, 6.07) is 0. The summed E-state index contributed by atoms with van der Waals surface area (Å²) < 4.78 is 0. The molecule has 4 heteroatoms. The van der Waals surface area contributed by atoms with Gasteiger partial charge in [-0.1, -0.05) is 12.6 Å². The van der Waals surface area contributed by atoms with Crippen molar-refractivity contribution in [2.24, 2.45) is 0 Å². The van der Waals surface area contributed by atoms with Crippen molar-refractivity contribution >= 4 is 29.8 Å². The van der Waals surface area contributed by atoms with Gasteiger partial charge < -0.3 is 0 Å². The summed E-state index contributed by atoms with van der Waals surface area (Å²) in [4.78, 5) is 0. The Balaban J connectivity index is 2.34. The predicted molar refractivity (Wildman–Crippen MR) is 32.6 cm³/mol. The van der Waals surface area contributed by atoms with Crippen LogP contribution in [0.5, 0.6) is 0 Å². The molecule has 0 N–H and O–H groups in total. The standard InChI is InChI=1S/C2H4B4/c3-1-2-5-6-4/h1-2H2. The second-order valence-corrected chi connectivity index (χ2v) is 1.01. The summed E-state index contributed by atoms with van der Waals surface area (Å²) in [6.07, 6.45) is 1.57. The molecule has 6 heavy (non-hydrogen) atoms. The highest BCUT2D eigenvalue weighted by Gasteiger charge is 1.79. The van der Waals surface area contributed by atoms with Crippen LogP contribution in [-0.2, 0) is 0 Å². The van der Waals surface area contributed by atoms with E-state index in [1.807, 2.05) is 7.17 Å². The minimum atomic E-state index is 0.688. The van der Waals surface area contributed by atoms with Crippen LogP contribution in [0.2, 0.25) is 12.6 Å². The summed E-state index contributed by atoms with van der Waals surface area (Å²) in [5.74, 6) is 0. The summed E-state index contributed by atoms with van der Waals surface area (Å²) in [5, 5.41) is 0. The van der Waals surface area contributed by atoms with Gasteiger partial charge in [-0.25, -0.2) is 0 Å². The molecule has 24 valence electrons. The topological polar surface area (TPSA) is 0 Å². The summed E-state index contributed by atoms with van der Waals surface area (Å²) in [5.41, 5.74) is 0. The molecule has 0 rings (SSSR count). The maximum atomic E-state index is 5.11. The third kappa shape index (κ3) is 4.26. The Morgan fingerprint density at radius 3 is 2.33 bits per heavy atom. The molecule has 0 saturated heterocycles. The predicted octanol–water partition coefficient (Wildman–Crippen LogP) is -0.602. The highest BCUT2D eigenvalue weighted by atomic mass is 13.4. The third-order valence-electron chi connectivity index (χ3n) is 0.469. The molecule has 0 aliphatic rings.